The monoisotopic (exact) mass is 281 g/mol. The van der Waals surface area contributed by atoms with Gasteiger partial charge in [-0.1, -0.05) is 0 Å². The highest BCUT2D eigenvalue weighted by atomic mass is 16.7. The number of ether oxygens (including phenoxy) is 2. The predicted octanol–water partition coefficient (Wildman–Crippen LogP) is 0.443. The van der Waals surface area contributed by atoms with Crippen LogP contribution in [0.25, 0.3) is 0 Å². The summed E-state index contributed by atoms with van der Waals surface area (Å²) >= 11 is 0. The highest BCUT2D eigenvalue weighted by molar-refractivity contribution is 5.78. The smallest absolute Gasteiger partial charge is 0.236 e. The number of hydrogen-bond acceptors (Lipinski definition) is 5. The summed E-state index contributed by atoms with van der Waals surface area (Å²) in [6.07, 6.45) is 2.38. The van der Waals surface area contributed by atoms with Crippen molar-refractivity contribution in [3.63, 3.8) is 0 Å². The Morgan fingerprint density at radius 3 is 2.60 bits per heavy atom. The number of amides is 1. The van der Waals surface area contributed by atoms with E-state index in [1.165, 1.54) is 0 Å². The summed E-state index contributed by atoms with van der Waals surface area (Å²) in [6.45, 7) is 4.17. The average molecular weight is 281 g/mol. The fourth-order valence-corrected chi connectivity index (χ4v) is 2.69. The zero-order valence-electron chi connectivity index (χ0n) is 12.1. The lowest BCUT2D eigenvalue weighted by Crippen LogP contribution is -2.44. The molecule has 0 N–H and O–H groups in total. The van der Waals surface area contributed by atoms with Gasteiger partial charge in [0.05, 0.1) is 32.2 Å². The van der Waals surface area contributed by atoms with Crippen LogP contribution in [0.15, 0.2) is 0 Å². The molecule has 6 nitrogen and oxygen atoms in total. The second-order valence-corrected chi connectivity index (χ2v) is 5.45. The van der Waals surface area contributed by atoms with E-state index in [-0.39, 0.29) is 12.2 Å². The van der Waals surface area contributed by atoms with E-state index < -0.39 is 0 Å². The molecule has 0 aromatic carbocycles. The minimum Gasteiger partial charge on any atom is -0.350 e. The molecule has 2 aliphatic rings. The molecular formula is C14H23N3O3. The zero-order chi connectivity index (χ0) is 14.4. The molecule has 0 unspecified atom stereocenters. The van der Waals surface area contributed by atoms with Crippen LogP contribution in [0, 0.1) is 17.2 Å². The highest BCUT2D eigenvalue weighted by Crippen LogP contribution is 2.25. The molecule has 0 aromatic heterocycles. The van der Waals surface area contributed by atoms with E-state index >= 15 is 0 Å². The number of hydrogen-bond donors (Lipinski definition) is 0. The lowest BCUT2D eigenvalue weighted by atomic mass is 9.96. The van der Waals surface area contributed by atoms with Crippen LogP contribution in [0.4, 0.5) is 0 Å². The SMILES string of the molecule is CN(CCC#N)C(=O)CN1CCC(C2OCCO2)CC1. The van der Waals surface area contributed by atoms with Gasteiger partial charge in [0.15, 0.2) is 6.29 Å². The fourth-order valence-electron chi connectivity index (χ4n) is 2.69. The largest absolute Gasteiger partial charge is 0.350 e. The number of nitriles is 1. The molecule has 2 fully saturated rings. The van der Waals surface area contributed by atoms with E-state index in [1.54, 1.807) is 11.9 Å². The van der Waals surface area contributed by atoms with Gasteiger partial charge in [0, 0.05) is 19.5 Å². The summed E-state index contributed by atoms with van der Waals surface area (Å²) in [5.74, 6) is 0.548. The third-order valence-electron chi connectivity index (χ3n) is 4.01. The minimum atomic E-state index is -0.0360. The van der Waals surface area contributed by atoms with Gasteiger partial charge < -0.3 is 14.4 Å². The van der Waals surface area contributed by atoms with Crippen LogP contribution in [0.5, 0.6) is 0 Å². The summed E-state index contributed by atoms with van der Waals surface area (Å²) in [5.41, 5.74) is 0. The minimum absolute atomic E-state index is 0.0360. The first-order valence-corrected chi connectivity index (χ1v) is 7.27. The van der Waals surface area contributed by atoms with Crippen LogP contribution in [0.3, 0.4) is 0 Å². The van der Waals surface area contributed by atoms with Crippen molar-refractivity contribution in [2.24, 2.45) is 5.92 Å². The van der Waals surface area contributed by atoms with Crippen molar-refractivity contribution in [3.8, 4) is 6.07 Å². The first kappa shape index (κ1) is 15.2. The number of likely N-dealkylation sites (tertiary alicyclic amines) is 1. The molecule has 0 aromatic rings. The molecule has 2 aliphatic heterocycles. The van der Waals surface area contributed by atoms with Crippen molar-refractivity contribution in [1.82, 2.24) is 9.80 Å². The molecule has 0 radical (unpaired) electrons. The van der Waals surface area contributed by atoms with Crippen LogP contribution >= 0.6 is 0 Å². The Balaban J connectivity index is 1.68. The number of rotatable bonds is 5. The summed E-state index contributed by atoms with van der Waals surface area (Å²) in [7, 11) is 1.76. The molecule has 2 rings (SSSR count). The molecule has 1 amide bonds. The van der Waals surface area contributed by atoms with Gasteiger partial charge in [0.2, 0.25) is 5.91 Å². The second kappa shape index (κ2) is 7.58. The van der Waals surface area contributed by atoms with Crippen molar-refractivity contribution >= 4 is 5.91 Å². The van der Waals surface area contributed by atoms with Gasteiger partial charge in [-0.2, -0.15) is 5.26 Å². The lowest BCUT2D eigenvalue weighted by Gasteiger charge is -2.34. The van der Waals surface area contributed by atoms with Crippen LogP contribution in [-0.2, 0) is 14.3 Å². The van der Waals surface area contributed by atoms with Crippen LogP contribution in [0.1, 0.15) is 19.3 Å². The molecule has 0 atom stereocenters. The maximum atomic E-state index is 12.0. The standard InChI is InChI=1S/C14H23N3O3/c1-16(6-2-5-15)13(18)11-17-7-3-12(4-8-17)14-19-9-10-20-14/h12,14H,2-4,6-11H2,1H3. The summed E-state index contributed by atoms with van der Waals surface area (Å²) in [4.78, 5) is 15.8. The maximum absolute atomic E-state index is 12.0. The number of carbonyl (C=O) groups is 1. The van der Waals surface area contributed by atoms with Gasteiger partial charge in [-0.05, 0) is 25.9 Å². The van der Waals surface area contributed by atoms with Gasteiger partial charge in [-0.3, -0.25) is 9.69 Å². The first-order valence-electron chi connectivity index (χ1n) is 7.27. The summed E-state index contributed by atoms with van der Waals surface area (Å²) in [6, 6.07) is 2.06. The van der Waals surface area contributed by atoms with Gasteiger partial charge in [-0.15, -0.1) is 0 Å². The van der Waals surface area contributed by atoms with Crippen molar-refractivity contribution in [2.45, 2.75) is 25.6 Å². The molecular weight excluding hydrogens is 258 g/mol. The molecule has 2 heterocycles. The average Bonchev–Trinajstić information content (AvgIpc) is 2.99. The predicted molar refractivity (Wildman–Crippen MR) is 72.7 cm³/mol. The zero-order valence-corrected chi connectivity index (χ0v) is 12.1. The molecule has 0 aliphatic carbocycles. The Hall–Kier alpha value is -1.16. The van der Waals surface area contributed by atoms with E-state index in [9.17, 15) is 4.79 Å². The molecule has 2 saturated heterocycles. The summed E-state index contributed by atoms with van der Waals surface area (Å²) < 4.78 is 11.1. The number of carbonyl (C=O) groups excluding carboxylic acids is 1. The molecule has 20 heavy (non-hydrogen) atoms. The van der Waals surface area contributed by atoms with E-state index in [4.69, 9.17) is 14.7 Å². The quantitative estimate of drug-likeness (QED) is 0.732. The number of nitrogens with zero attached hydrogens (tertiary/aromatic N) is 3. The van der Waals surface area contributed by atoms with Crippen molar-refractivity contribution in [3.05, 3.63) is 0 Å². The molecule has 0 saturated carbocycles. The number of piperidine rings is 1. The lowest BCUT2D eigenvalue weighted by molar-refractivity contribution is -0.132. The fraction of sp³-hybridized carbons (Fsp3) is 0.857. The van der Waals surface area contributed by atoms with Gasteiger partial charge >= 0.3 is 0 Å². The molecule has 112 valence electrons. The van der Waals surface area contributed by atoms with Crippen LogP contribution in [-0.4, -0.2) is 68.4 Å². The first-order chi connectivity index (χ1) is 9.70. The Kier molecular flexibility index (Phi) is 5.77. The van der Waals surface area contributed by atoms with Crippen molar-refractivity contribution in [2.75, 3.05) is 46.4 Å². The number of likely N-dealkylation sites (N-methyl/N-ethyl adjacent to an activating group) is 1. The van der Waals surface area contributed by atoms with E-state index in [2.05, 4.69) is 11.0 Å². The third-order valence-corrected chi connectivity index (χ3v) is 4.01. The third kappa shape index (κ3) is 4.17. The Bertz CT molecular complexity index is 355. The maximum Gasteiger partial charge on any atom is 0.236 e. The second-order valence-electron chi connectivity index (χ2n) is 5.45. The molecule has 0 bridgehead atoms. The highest BCUT2D eigenvalue weighted by Gasteiger charge is 2.30. The molecule has 6 heteroatoms. The summed E-state index contributed by atoms with van der Waals surface area (Å²) in [5, 5.41) is 8.53. The normalized spacial score (nSPS) is 21.8. The van der Waals surface area contributed by atoms with Gasteiger partial charge in [-0.25, -0.2) is 0 Å². The van der Waals surface area contributed by atoms with Gasteiger partial charge in [0.1, 0.15) is 0 Å². The van der Waals surface area contributed by atoms with Gasteiger partial charge in [0.25, 0.3) is 0 Å². The Morgan fingerprint density at radius 2 is 2.00 bits per heavy atom. The topological polar surface area (TPSA) is 65.8 Å². The molecule has 0 spiro atoms. The van der Waals surface area contributed by atoms with Crippen molar-refractivity contribution in [1.29, 1.82) is 5.26 Å². The Labute approximate surface area is 120 Å². The van der Waals surface area contributed by atoms with E-state index in [1.807, 2.05) is 0 Å². The van der Waals surface area contributed by atoms with Crippen LogP contribution < -0.4 is 0 Å². The van der Waals surface area contributed by atoms with Crippen molar-refractivity contribution < 1.29 is 14.3 Å². The van der Waals surface area contributed by atoms with E-state index in [0.717, 1.165) is 25.9 Å². The van der Waals surface area contributed by atoms with E-state index in [0.29, 0.717) is 38.6 Å². The Morgan fingerprint density at radius 1 is 1.35 bits per heavy atom. The van der Waals surface area contributed by atoms with Crippen LogP contribution in [0.2, 0.25) is 0 Å².